The molecule has 0 heterocycles. The molecule has 7 heteroatoms. The minimum absolute atomic E-state index is 0.121. The van der Waals surface area contributed by atoms with Crippen LogP contribution in [0.4, 0.5) is 19.3 Å². The van der Waals surface area contributed by atoms with E-state index in [2.05, 4.69) is 10.6 Å². The number of nitrogens with one attached hydrogen (secondary N) is 2. The number of ether oxygens (including phenoxy) is 2. The van der Waals surface area contributed by atoms with Gasteiger partial charge in [0.05, 0.1) is 18.3 Å². The molecule has 2 N–H and O–H groups in total. The molecular weight excluding hydrogens is 282 g/mol. The van der Waals surface area contributed by atoms with Gasteiger partial charge >= 0.3 is 6.03 Å². The lowest BCUT2D eigenvalue weighted by Gasteiger charge is -2.17. The molecule has 1 atom stereocenters. The number of urea groups is 1. The average molecular weight is 302 g/mol. The number of amides is 2. The number of halogens is 2. The standard InChI is InChI=1S/C14H20F2N2O3/c1-3-10(8-20-2)17-14(19)18-11-6-4-5-7-12(11)21-9-13(15)16/h4-7,10,13H,3,8-9H2,1-2H3,(H2,17,18,19). The average Bonchev–Trinajstić information content (AvgIpc) is 2.45. The van der Waals surface area contributed by atoms with E-state index in [9.17, 15) is 13.6 Å². The maximum atomic E-state index is 12.2. The monoisotopic (exact) mass is 302 g/mol. The minimum atomic E-state index is -2.57. The minimum Gasteiger partial charge on any atom is -0.485 e. The predicted octanol–water partition coefficient (Wildman–Crippen LogP) is 2.88. The SMILES string of the molecule is CCC(COC)NC(=O)Nc1ccccc1OCC(F)F. The van der Waals surface area contributed by atoms with Gasteiger partial charge in [0.1, 0.15) is 12.4 Å². The van der Waals surface area contributed by atoms with Crippen LogP contribution in [0.2, 0.25) is 0 Å². The topological polar surface area (TPSA) is 59.6 Å². The number of carbonyl (C=O) groups excluding carboxylic acids is 1. The molecule has 0 fully saturated rings. The Morgan fingerprint density at radius 3 is 2.62 bits per heavy atom. The first kappa shape index (κ1) is 17.2. The van der Waals surface area contributed by atoms with Crippen LogP contribution in [0.15, 0.2) is 24.3 Å². The van der Waals surface area contributed by atoms with Gasteiger partial charge in [-0.3, -0.25) is 0 Å². The molecule has 1 unspecified atom stereocenters. The first-order valence-electron chi connectivity index (χ1n) is 6.63. The van der Waals surface area contributed by atoms with Gasteiger partial charge in [-0.1, -0.05) is 19.1 Å². The number of para-hydroxylation sites is 2. The lowest BCUT2D eigenvalue weighted by atomic mass is 10.2. The summed E-state index contributed by atoms with van der Waals surface area (Å²) in [6.07, 6.45) is -1.86. The largest absolute Gasteiger partial charge is 0.485 e. The van der Waals surface area contributed by atoms with Crippen LogP contribution in [0.25, 0.3) is 0 Å². The van der Waals surface area contributed by atoms with Gasteiger partial charge in [0.25, 0.3) is 6.43 Å². The summed E-state index contributed by atoms with van der Waals surface area (Å²) < 4.78 is 34.3. The van der Waals surface area contributed by atoms with Crippen molar-refractivity contribution in [1.29, 1.82) is 0 Å². The van der Waals surface area contributed by atoms with E-state index in [0.717, 1.165) is 0 Å². The third-order valence-electron chi connectivity index (χ3n) is 2.70. The maximum Gasteiger partial charge on any atom is 0.319 e. The summed E-state index contributed by atoms with van der Waals surface area (Å²) in [4.78, 5) is 11.9. The molecule has 1 aromatic rings. The van der Waals surface area contributed by atoms with E-state index in [4.69, 9.17) is 9.47 Å². The molecule has 1 aromatic carbocycles. The van der Waals surface area contributed by atoms with Gasteiger partial charge in [0.2, 0.25) is 0 Å². The zero-order chi connectivity index (χ0) is 15.7. The summed E-state index contributed by atoms with van der Waals surface area (Å²) in [6, 6.07) is 5.86. The molecule has 118 valence electrons. The normalized spacial score (nSPS) is 12.0. The first-order valence-corrected chi connectivity index (χ1v) is 6.63. The zero-order valence-electron chi connectivity index (χ0n) is 12.1. The summed E-state index contributed by atoms with van der Waals surface area (Å²) in [6.45, 7) is 1.60. The molecule has 0 saturated heterocycles. The van der Waals surface area contributed by atoms with Gasteiger partial charge in [-0.25, -0.2) is 13.6 Å². The molecule has 0 saturated carbocycles. The quantitative estimate of drug-likeness (QED) is 0.776. The van der Waals surface area contributed by atoms with Crippen molar-refractivity contribution in [2.24, 2.45) is 0 Å². The Balaban J connectivity index is 2.62. The molecule has 0 aliphatic rings. The van der Waals surface area contributed by atoms with Crippen molar-refractivity contribution in [3.63, 3.8) is 0 Å². The van der Waals surface area contributed by atoms with Crippen LogP contribution < -0.4 is 15.4 Å². The number of hydrogen-bond donors (Lipinski definition) is 2. The third kappa shape index (κ3) is 6.40. The molecule has 0 bridgehead atoms. The fourth-order valence-corrected chi connectivity index (χ4v) is 1.66. The Hall–Kier alpha value is -1.89. The number of alkyl halides is 2. The number of carbonyl (C=O) groups is 1. The first-order chi connectivity index (χ1) is 10.1. The van der Waals surface area contributed by atoms with Crippen LogP contribution in [-0.4, -0.2) is 38.8 Å². The zero-order valence-corrected chi connectivity index (χ0v) is 12.1. The Morgan fingerprint density at radius 2 is 2.00 bits per heavy atom. The number of hydrogen-bond acceptors (Lipinski definition) is 3. The highest BCUT2D eigenvalue weighted by atomic mass is 19.3. The van der Waals surface area contributed by atoms with Crippen molar-refractivity contribution in [3.05, 3.63) is 24.3 Å². The lowest BCUT2D eigenvalue weighted by molar-refractivity contribution is 0.0822. The molecule has 0 aliphatic heterocycles. The summed E-state index contributed by atoms with van der Waals surface area (Å²) in [7, 11) is 1.55. The summed E-state index contributed by atoms with van der Waals surface area (Å²) >= 11 is 0. The molecule has 0 aliphatic carbocycles. The molecule has 2 amide bonds. The molecule has 0 radical (unpaired) electrons. The summed E-state index contributed by atoms with van der Waals surface area (Å²) in [5, 5.41) is 5.31. The van der Waals surface area contributed by atoms with Crippen molar-refractivity contribution < 1.29 is 23.0 Å². The molecule has 21 heavy (non-hydrogen) atoms. The van der Waals surface area contributed by atoms with Gasteiger partial charge in [-0.15, -0.1) is 0 Å². The molecule has 0 spiro atoms. The number of rotatable bonds is 8. The highest BCUT2D eigenvalue weighted by Gasteiger charge is 2.13. The third-order valence-corrected chi connectivity index (χ3v) is 2.70. The van der Waals surface area contributed by atoms with Crippen molar-refractivity contribution in [2.45, 2.75) is 25.8 Å². The Morgan fingerprint density at radius 1 is 1.29 bits per heavy atom. The van der Waals surface area contributed by atoms with Gasteiger partial charge in [0, 0.05) is 7.11 Å². The Bertz CT molecular complexity index is 444. The summed E-state index contributed by atoms with van der Waals surface area (Å²) in [5.74, 6) is 0.202. The van der Waals surface area contributed by atoms with Gasteiger partial charge in [0.15, 0.2) is 0 Å². The van der Waals surface area contributed by atoms with Gasteiger partial charge in [-0.05, 0) is 18.6 Å². The molecule has 1 rings (SSSR count). The summed E-state index contributed by atoms with van der Waals surface area (Å²) in [5.41, 5.74) is 0.336. The Labute approximate surface area is 122 Å². The van der Waals surface area contributed by atoms with Crippen molar-refractivity contribution in [1.82, 2.24) is 5.32 Å². The van der Waals surface area contributed by atoms with E-state index in [-0.39, 0.29) is 11.8 Å². The van der Waals surface area contributed by atoms with Crippen LogP contribution in [0.1, 0.15) is 13.3 Å². The van der Waals surface area contributed by atoms with Crippen molar-refractivity contribution in [3.8, 4) is 5.75 Å². The lowest BCUT2D eigenvalue weighted by Crippen LogP contribution is -2.40. The van der Waals surface area contributed by atoms with Crippen molar-refractivity contribution >= 4 is 11.7 Å². The number of methoxy groups -OCH3 is 1. The number of benzene rings is 1. The van der Waals surface area contributed by atoms with Crippen LogP contribution in [0.5, 0.6) is 5.75 Å². The predicted molar refractivity (Wildman–Crippen MR) is 76.1 cm³/mol. The van der Waals surface area contributed by atoms with Crippen molar-refractivity contribution in [2.75, 3.05) is 25.6 Å². The van der Waals surface area contributed by atoms with E-state index < -0.39 is 19.1 Å². The van der Waals surface area contributed by atoms with E-state index >= 15 is 0 Å². The van der Waals surface area contributed by atoms with E-state index in [0.29, 0.717) is 18.7 Å². The van der Waals surface area contributed by atoms with Crippen LogP contribution in [0.3, 0.4) is 0 Å². The smallest absolute Gasteiger partial charge is 0.319 e. The van der Waals surface area contributed by atoms with E-state index in [1.165, 1.54) is 6.07 Å². The van der Waals surface area contributed by atoms with Crippen LogP contribution in [0, 0.1) is 0 Å². The fraction of sp³-hybridized carbons (Fsp3) is 0.500. The molecule has 5 nitrogen and oxygen atoms in total. The van der Waals surface area contributed by atoms with Gasteiger partial charge in [-0.2, -0.15) is 0 Å². The fourth-order valence-electron chi connectivity index (χ4n) is 1.66. The maximum absolute atomic E-state index is 12.2. The molecular formula is C14H20F2N2O3. The highest BCUT2D eigenvalue weighted by molar-refractivity contribution is 5.91. The van der Waals surface area contributed by atoms with Crippen LogP contribution in [-0.2, 0) is 4.74 Å². The van der Waals surface area contributed by atoms with E-state index in [1.807, 2.05) is 6.92 Å². The second-order valence-corrected chi connectivity index (χ2v) is 4.36. The van der Waals surface area contributed by atoms with Crippen LogP contribution >= 0.6 is 0 Å². The van der Waals surface area contributed by atoms with E-state index in [1.54, 1.807) is 25.3 Å². The highest BCUT2D eigenvalue weighted by Crippen LogP contribution is 2.24. The second kappa shape index (κ2) is 9.12. The Kier molecular flexibility index (Phi) is 7.45. The second-order valence-electron chi connectivity index (χ2n) is 4.36. The number of anilines is 1. The van der Waals surface area contributed by atoms with Gasteiger partial charge < -0.3 is 20.1 Å². The molecule has 0 aromatic heterocycles.